The molecule has 0 aliphatic rings. The normalized spacial score (nSPS) is 10.4. The molecular weight excluding hydrogens is 256 g/mol. The zero-order valence-electron chi connectivity index (χ0n) is 9.27. The third-order valence-electron chi connectivity index (χ3n) is 2.28. The van der Waals surface area contributed by atoms with Gasteiger partial charge in [-0.25, -0.2) is 4.98 Å². The van der Waals surface area contributed by atoms with Crippen molar-refractivity contribution >= 4 is 33.8 Å². The van der Waals surface area contributed by atoms with Crippen molar-refractivity contribution in [3.8, 4) is 0 Å². The van der Waals surface area contributed by atoms with E-state index in [1.54, 1.807) is 16.7 Å². The minimum Gasteiger partial charge on any atom is -0.481 e. The van der Waals surface area contributed by atoms with Crippen LogP contribution in [-0.4, -0.2) is 16.1 Å². The molecule has 0 saturated carbocycles. The third kappa shape index (κ3) is 3.28. The van der Waals surface area contributed by atoms with E-state index >= 15 is 0 Å². The number of thiophene rings is 1. The molecule has 0 amide bonds. The molecule has 4 nitrogen and oxygen atoms in total. The molecule has 2 N–H and O–H groups in total. The van der Waals surface area contributed by atoms with Gasteiger partial charge in [-0.1, -0.05) is 0 Å². The Balaban J connectivity index is 1.93. The van der Waals surface area contributed by atoms with Crippen LogP contribution in [0.2, 0.25) is 0 Å². The Morgan fingerprint density at radius 2 is 2.29 bits per heavy atom. The maximum atomic E-state index is 10.5. The largest absolute Gasteiger partial charge is 0.481 e. The Morgan fingerprint density at radius 1 is 1.47 bits per heavy atom. The van der Waals surface area contributed by atoms with Gasteiger partial charge in [-0.2, -0.15) is 11.3 Å². The van der Waals surface area contributed by atoms with Crippen LogP contribution in [0.1, 0.15) is 16.8 Å². The lowest BCUT2D eigenvalue weighted by molar-refractivity contribution is -0.136. The van der Waals surface area contributed by atoms with E-state index in [4.69, 9.17) is 5.11 Å². The number of anilines is 1. The standard InChI is InChI=1S/C11H12N2O2S2/c1-7-4-16-5-8(7)3-12-11-13-9(6-17-11)2-10(14)15/h4-6H,2-3H2,1H3,(H,12,13)(H,14,15). The maximum absolute atomic E-state index is 10.5. The summed E-state index contributed by atoms with van der Waals surface area (Å²) in [6.45, 7) is 2.81. The highest BCUT2D eigenvalue weighted by Crippen LogP contribution is 2.19. The number of aryl methyl sites for hydroxylation is 1. The Hall–Kier alpha value is -1.40. The van der Waals surface area contributed by atoms with Crippen molar-refractivity contribution < 1.29 is 9.90 Å². The van der Waals surface area contributed by atoms with Crippen LogP contribution < -0.4 is 5.32 Å². The second kappa shape index (κ2) is 5.29. The number of thiazole rings is 1. The van der Waals surface area contributed by atoms with Crippen LogP contribution in [0.3, 0.4) is 0 Å². The fourth-order valence-corrected chi connectivity index (χ4v) is 2.93. The van der Waals surface area contributed by atoms with Crippen LogP contribution in [0.25, 0.3) is 0 Å². The van der Waals surface area contributed by atoms with Crippen LogP contribution >= 0.6 is 22.7 Å². The van der Waals surface area contributed by atoms with Crippen LogP contribution in [0.4, 0.5) is 5.13 Å². The zero-order chi connectivity index (χ0) is 12.3. The number of carboxylic acids is 1. The van der Waals surface area contributed by atoms with Crippen LogP contribution in [0.5, 0.6) is 0 Å². The van der Waals surface area contributed by atoms with E-state index in [1.807, 2.05) is 0 Å². The van der Waals surface area contributed by atoms with Gasteiger partial charge in [-0.3, -0.25) is 4.79 Å². The van der Waals surface area contributed by atoms with Crippen molar-refractivity contribution in [1.29, 1.82) is 0 Å². The molecule has 0 saturated heterocycles. The molecule has 0 bridgehead atoms. The summed E-state index contributed by atoms with van der Waals surface area (Å²) in [6.07, 6.45) is -0.0182. The Labute approximate surface area is 107 Å². The second-order valence-electron chi connectivity index (χ2n) is 3.65. The molecule has 0 aromatic carbocycles. The first-order chi connectivity index (χ1) is 8.15. The van der Waals surface area contributed by atoms with Crippen molar-refractivity contribution in [2.75, 3.05) is 5.32 Å². The fraction of sp³-hybridized carbons (Fsp3) is 0.273. The first-order valence-corrected chi connectivity index (χ1v) is 6.89. The molecular formula is C11H12N2O2S2. The number of hydrogen-bond donors (Lipinski definition) is 2. The zero-order valence-corrected chi connectivity index (χ0v) is 10.9. The number of aromatic nitrogens is 1. The van der Waals surface area contributed by atoms with E-state index in [2.05, 4.69) is 28.0 Å². The van der Waals surface area contributed by atoms with Crippen LogP contribution in [0.15, 0.2) is 16.1 Å². The topological polar surface area (TPSA) is 62.2 Å². The lowest BCUT2D eigenvalue weighted by Crippen LogP contribution is -2.02. The highest BCUT2D eigenvalue weighted by Gasteiger charge is 2.06. The van der Waals surface area contributed by atoms with E-state index in [0.29, 0.717) is 5.69 Å². The summed E-state index contributed by atoms with van der Waals surface area (Å²) in [5, 5.41) is 18.6. The quantitative estimate of drug-likeness (QED) is 0.875. The molecule has 0 unspecified atom stereocenters. The molecule has 6 heteroatoms. The summed E-state index contributed by atoms with van der Waals surface area (Å²) < 4.78 is 0. The second-order valence-corrected chi connectivity index (χ2v) is 5.25. The third-order valence-corrected chi connectivity index (χ3v) is 4.03. The minimum atomic E-state index is -0.851. The number of nitrogens with zero attached hydrogens (tertiary/aromatic N) is 1. The van der Waals surface area contributed by atoms with Gasteiger partial charge in [0.2, 0.25) is 0 Å². The average Bonchev–Trinajstić information content (AvgIpc) is 2.84. The van der Waals surface area contributed by atoms with Gasteiger partial charge in [-0.05, 0) is 28.8 Å². The molecule has 0 aliphatic heterocycles. The van der Waals surface area contributed by atoms with Gasteiger partial charge in [0, 0.05) is 11.9 Å². The predicted molar refractivity (Wildman–Crippen MR) is 69.8 cm³/mol. The van der Waals surface area contributed by atoms with E-state index < -0.39 is 5.97 Å². The van der Waals surface area contributed by atoms with E-state index in [1.165, 1.54) is 22.5 Å². The first-order valence-electron chi connectivity index (χ1n) is 5.07. The summed E-state index contributed by atoms with van der Waals surface area (Å²) >= 11 is 3.12. The number of nitrogens with one attached hydrogen (secondary N) is 1. The maximum Gasteiger partial charge on any atom is 0.309 e. The molecule has 2 aromatic rings. The molecule has 17 heavy (non-hydrogen) atoms. The lowest BCUT2D eigenvalue weighted by atomic mass is 10.2. The van der Waals surface area contributed by atoms with Gasteiger partial charge >= 0.3 is 5.97 Å². The van der Waals surface area contributed by atoms with Crippen molar-refractivity contribution in [3.05, 3.63) is 33.0 Å². The smallest absolute Gasteiger partial charge is 0.309 e. The highest BCUT2D eigenvalue weighted by atomic mass is 32.1. The molecule has 2 heterocycles. The number of aliphatic carboxylic acids is 1. The number of rotatable bonds is 5. The molecule has 2 aromatic heterocycles. The minimum absolute atomic E-state index is 0.0182. The molecule has 90 valence electrons. The van der Waals surface area contributed by atoms with Gasteiger partial charge in [0.05, 0.1) is 12.1 Å². The molecule has 0 aliphatic carbocycles. The van der Waals surface area contributed by atoms with E-state index in [-0.39, 0.29) is 6.42 Å². The molecule has 0 fully saturated rings. The van der Waals surface area contributed by atoms with Gasteiger partial charge in [0.1, 0.15) is 0 Å². The molecule has 0 spiro atoms. The Kier molecular flexibility index (Phi) is 3.75. The van der Waals surface area contributed by atoms with Gasteiger partial charge < -0.3 is 10.4 Å². The van der Waals surface area contributed by atoms with Crippen LogP contribution in [0, 0.1) is 6.92 Å². The number of carbonyl (C=O) groups is 1. The molecule has 2 rings (SSSR count). The van der Waals surface area contributed by atoms with Crippen molar-refractivity contribution in [1.82, 2.24) is 4.98 Å². The SMILES string of the molecule is Cc1cscc1CNc1nc(CC(=O)O)cs1. The summed E-state index contributed by atoms with van der Waals surface area (Å²) in [5.41, 5.74) is 3.13. The van der Waals surface area contributed by atoms with E-state index in [9.17, 15) is 4.79 Å². The summed E-state index contributed by atoms with van der Waals surface area (Å²) in [4.78, 5) is 14.7. The summed E-state index contributed by atoms with van der Waals surface area (Å²) in [6, 6.07) is 0. The monoisotopic (exact) mass is 268 g/mol. The van der Waals surface area contributed by atoms with Gasteiger partial charge in [0.25, 0.3) is 0 Å². The number of carboxylic acid groups (broad SMARTS) is 1. The Bertz CT molecular complexity index is 519. The molecule has 0 atom stereocenters. The number of hydrogen-bond acceptors (Lipinski definition) is 5. The Morgan fingerprint density at radius 3 is 2.94 bits per heavy atom. The summed E-state index contributed by atoms with van der Waals surface area (Å²) in [5.74, 6) is -0.851. The van der Waals surface area contributed by atoms with Crippen molar-refractivity contribution in [2.24, 2.45) is 0 Å². The molecule has 0 radical (unpaired) electrons. The van der Waals surface area contributed by atoms with Crippen LogP contribution in [-0.2, 0) is 17.8 Å². The summed E-state index contributed by atoms with van der Waals surface area (Å²) in [7, 11) is 0. The van der Waals surface area contributed by atoms with Gasteiger partial charge in [-0.15, -0.1) is 11.3 Å². The average molecular weight is 268 g/mol. The van der Waals surface area contributed by atoms with Crippen molar-refractivity contribution in [3.63, 3.8) is 0 Å². The first kappa shape index (κ1) is 12.1. The highest BCUT2D eigenvalue weighted by molar-refractivity contribution is 7.13. The van der Waals surface area contributed by atoms with E-state index in [0.717, 1.165) is 11.7 Å². The van der Waals surface area contributed by atoms with Gasteiger partial charge in [0.15, 0.2) is 5.13 Å². The van der Waals surface area contributed by atoms with Crippen molar-refractivity contribution in [2.45, 2.75) is 19.9 Å². The predicted octanol–water partition coefficient (Wildman–Crippen LogP) is 2.75. The fourth-order valence-electron chi connectivity index (χ4n) is 1.36. The lowest BCUT2D eigenvalue weighted by Gasteiger charge is -2.01.